The largest absolute Gasteiger partial charge is 0.481 e. The van der Waals surface area contributed by atoms with E-state index in [2.05, 4.69) is 24.7 Å². The van der Waals surface area contributed by atoms with Gasteiger partial charge in [0.05, 0.1) is 5.92 Å². The molecule has 4 rings (SSSR count). The molecule has 2 saturated heterocycles. The third-order valence-electron chi connectivity index (χ3n) is 5.53. The lowest BCUT2D eigenvalue weighted by Gasteiger charge is -2.36. The number of hydrogen-bond donors (Lipinski definition) is 1. The van der Waals surface area contributed by atoms with Crippen LogP contribution in [0.2, 0.25) is 0 Å². The highest BCUT2D eigenvalue weighted by Crippen LogP contribution is 2.25. The summed E-state index contributed by atoms with van der Waals surface area (Å²) >= 11 is 0. The van der Waals surface area contributed by atoms with E-state index in [0.717, 1.165) is 62.5 Å². The lowest BCUT2D eigenvalue weighted by molar-refractivity contribution is -0.142. The van der Waals surface area contributed by atoms with Gasteiger partial charge < -0.3 is 19.8 Å². The fourth-order valence-corrected chi connectivity index (χ4v) is 3.87. The van der Waals surface area contributed by atoms with Gasteiger partial charge in [0.15, 0.2) is 0 Å². The van der Waals surface area contributed by atoms with Crippen LogP contribution in [0.4, 0.5) is 17.6 Å². The average molecular weight is 382 g/mol. The van der Waals surface area contributed by atoms with Crippen LogP contribution in [0, 0.1) is 12.8 Å². The Labute approximate surface area is 164 Å². The highest BCUT2D eigenvalue weighted by Gasteiger charge is 2.26. The molecule has 0 saturated carbocycles. The molecule has 1 N–H and O–H groups in total. The Morgan fingerprint density at radius 1 is 0.964 bits per heavy atom. The van der Waals surface area contributed by atoms with Gasteiger partial charge in [-0.2, -0.15) is 4.98 Å². The number of aliphatic carboxylic acids is 1. The van der Waals surface area contributed by atoms with E-state index in [4.69, 9.17) is 4.98 Å². The maximum atomic E-state index is 11.2. The van der Waals surface area contributed by atoms with Crippen LogP contribution in [0.5, 0.6) is 0 Å². The molecule has 8 heteroatoms. The molecule has 0 radical (unpaired) electrons. The van der Waals surface area contributed by atoms with E-state index in [9.17, 15) is 9.90 Å². The summed E-state index contributed by atoms with van der Waals surface area (Å²) in [6, 6.07) is 7.98. The second-order valence-corrected chi connectivity index (χ2v) is 7.43. The molecule has 0 atom stereocenters. The molecule has 2 aliphatic rings. The number of piperazine rings is 1. The molecule has 28 heavy (non-hydrogen) atoms. The lowest BCUT2D eigenvalue weighted by atomic mass is 9.97. The summed E-state index contributed by atoms with van der Waals surface area (Å²) in [7, 11) is 0. The molecule has 0 unspecified atom stereocenters. The van der Waals surface area contributed by atoms with Crippen LogP contribution < -0.4 is 14.7 Å². The van der Waals surface area contributed by atoms with Gasteiger partial charge in [-0.3, -0.25) is 4.79 Å². The van der Waals surface area contributed by atoms with Gasteiger partial charge in [0.25, 0.3) is 0 Å². The number of rotatable bonds is 4. The van der Waals surface area contributed by atoms with Crippen molar-refractivity contribution < 1.29 is 9.90 Å². The summed E-state index contributed by atoms with van der Waals surface area (Å²) in [6.07, 6.45) is 3.15. The number of pyridine rings is 1. The van der Waals surface area contributed by atoms with Crippen LogP contribution in [0.3, 0.4) is 0 Å². The summed E-state index contributed by atoms with van der Waals surface area (Å²) in [6.45, 7) is 6.89. The molecule has 0 spiro atoms. The van der Waals surface area contributed by atoms with Crippen molar-refractivity contribution in [3.63, 3.8) is 0 Å². The Morgan fingerprint density at radius 2 is 1.64 bits per heavy atom. The fourth-order valence-electron chi connectivity index (χ4n) is 3.87. The van der Waals surface area contributed by atoms with Crippen molar-refractivity contribution in [2.75, 3.05) is 54.0 Å². The minimum Gasteiger partial charge on any atom is -0.481 e. The number of carboxylic acids is 1. The van der Waals surface area contributed by atoms with Crippen LogP contribution in [0.25, 0.3) is 0 Å². The monoisotopic (exact) mass is 382 g/mol. The van der Waals surface area contributed by atoms with Crippen molar-refractivity contribution in [1.82, 2.24) is 15.0 Å². The number of piperidine rings is 1. The molecule has 4 heterocycles. The van der Waals surface area contributed by atoms with Crippen molar-refractivity contribution >= 4 is 23.6 Å². The summed E-state index contributed by atoms with van der Waals surface area (Å²) in [4.78, 5) is 31.8. The van der Waals surface area contributed by atoms with Crippen LogP contribution in [0.15, 0.2) is 30.5 Å². The first-order valence-corrected chi connectivity index (χ1v) is 9.84. The SMILES string of the molecule is Cc1cc(N2CCC(C(=O)O)CC2)nc(N2CCN(c3ccccn3)CC2)n1. The van der Waals surface area contributed by atoms with E-state index in [1.165, 1.54) is 0 Å². The van der Waals surface area contributed by atoms with Crippen LogP contribution in [0.1, 0.15) is 18.5 Å². The van der Waals surface area contributed by atoms with Crippen LogP contribution >= 0.6 is 0 Å². The zero-order valence-electron chi connectivity index (χ0n) is 16.2. The summed E-state index contributed by atoms with van der Waals surface area (Å²) in [5.41, 5.74) is 0.938. The zero-order chi connectivity index (χ0) is 19.5. The molecule has 2 aromatic heterocycles. The predicted octanol–water partition coefficient (Wildman–Crippen LogP) is 1.81. The van der Waals surface area contributed by atoms with Gasteiger partial charge in [-0.25, -0.2) is 9.97 Å². The van der Waals surface area contributed by atoms with Crippen molar-refractivity contribution in [3.8, 4) is 0 Å². The van der Waals surface area contributed by atoms with Crippen LogP contribution in [-0.2, 0) is 4.79 Å². The number of carbonyl (C=O) groups is 1. The van der Waals surface area contributed by atoms with E-state index in [1.807, 2.05) is 37.4 Å². The maximum absolute atomic E-state index is 11.2. The number of aryl methyl sites for hydroxylation is 1. The van der Waals surface area contributed by atoms with Gasteiger partial charge in [-0.1, -0.05) is 6.07 Å². The molecule has 8 nitrogen and oxygen atoms in total. The lowest BCUT2D eigenvalue weighted by Crippen LogP contribution is -2.47. The second-order valence-electron chi connectivity index (χ2n) is 7.43. The van der Waals surface area contributed by atoms with Gasteiger partial charge >= 0.3 is 5.97 Å². The predicted molar refractivity (Wildman–Crippen MR) is 108 cm³/mol. The van der Waals surface area contributed by atoms with Crippen molar-refractivity contribution in [2.24, 2.45) is 5.92 Å². The minimum atomic E-state index is -0.690. The standard InChI is InChI=1S/C20H26N6O2/c1-15-14-18(24-8-5-16(6-9-24)19(27)28)23-20(22-15)26-12-10-25(11-13-26)17-4-2-3-7-21-17/h2-4,7,14,16H,5-6,8-13H2,1H3,(H,27,28). The van der Waals surface area contributed by atoms with Crippen molar-refractivity contribution in [3.05, 3.63) is 36.2 Å². The molecule has 2 fully saturated rings. The third kappa shape index (κ3) is 4.00. The smallest absolute Gasteiger partial charge is 0.306 e. The first-order valence-electron chi connectivity index (χ1n) is 9.84. The highest BCUT2D eigenvalue weighted by molar-refractivity contribution is 5.70. The Bertz CT molecular complexity index is 815. The maximum Gasteiger partial charge on any atom is 0.306 e. The number of carboxylic acid groups (broad SMARTS) is 1. The number of nitrogens with zero attached hydrogens (tertiary/aromatic N) is 6. The van der Waals surface area contributed by atoms with Gasteiger partial charge in [-0.15, -0.1) is 0 Å². The minimum absolute atomic E-state index is 0.238. The normalized spacial score (nSPS) is 18.4. The molecule has 0 amide bonds. The van der Waals surface area contributed by atoms with E-state index in [-0.39, 0.29) is 5.92 Å². The molecule has 0 aromatic carbocycles. The Morgan fingerprint density at radius 3 is 2.29 bits per heavy atom. The third-order valence-corrected chi connectivity index (χ3v) is 5.53. The number of anilines is 3. The highest BCUT2D eigenvalue weighted by atomic mass is 16.4. The number of aromatic nitrogens is 3. The van der Waals surface area contributed by atoms with Gasteiger partial charge in [0, 0.05) is 57.2 Å². The second kappa shape index (κ2) is 8.00. The molecule has 148 valence electrons. The van der Waals surface area contributed by atoms with Gasteiger partial charge in [-0.05, 0) is 31.9 Å². The van der Waals surface area contributed by atoms with E-state index in [0.29, 0.717) is 12.8 Å². The molecule has 0 bridgehead atoms. The van der Waals surface area contributed by atoms with Crippen molar-refractivity contribution in [2.45, 2.75) is 19.8 Å². The molecule has 0 aliphatic carbocycles. The molecule has 2 aliphatic heterocycles. The Kier molecular flexibility index (Phi) is 5.27. The first kappa shape index (κ1) is 18.5. The topological polar surface area (TPSA) is 85.7 Å². The zero-order valence-corrected chi connectivity index (χ0v) is 16.2. The fraction of sp³-hybridized carbons (Fsp3) is 0.500. The van der Waals surface area contributed by atoms with Crippen molar-refractivity contribution in [1.29, 1.82) is 0 Å². The quantitative estimate of drug-likeness (QED) is 0.857. The van der Waals surface area contributed by atoms with E-state index >= 15 is 0 Å². The van der Waals surface area contributed by atoms with E-state index < -0.39 is 5.97 Å². The summed E-state index contributed by atoms with van der Waals surface area (Å²) in [5, 5.41) is 9.20. The van der Waals surface area contributed by atoms with Crippen LogP contribution in [-0.4, -0.2) is 65.3 Å². The number of hydrogen-bond acceptors (Lipinski definition) is 7. The first-order chi connectivity index (χ1) is 13.6. The van der Waals surface area contributed by atoms with Gasteiger partial charge in [0.1, 0.15) is 11.6 Å². The van der Waals surface area contributed by atoms with E-state index in [1.54, 1.807) is 0 Å². The average Bonchev–Trinajstić information content (AvgIpc) is 2.74. The van der Waals surface area contributed by atoms with Gasteiger partial charge in [0.2, 0.25) is 5.95 Å². The molecular weight excluding hydrogens is 356 g/mol. The Balaban J connectivity index is 1.43. The summed E-state index contributed by atoms with van der Waals surface area (Å²) in [5.74, 6) is 1.74. The molecule has 2 aromatic rings. The summed E-state index contributed by atoms with van der Waals surface area (Å²) < 4.78 is 0. The molecular formula is C20H26N6O2. The Hall–Kier alpha value is -2.90.